The maximum absolute atomic E-state index is 3.78. The monoisotopic (exact) mass is 254 g/mol. The third-order valence-corrected chi connectivity index (χ3v) is 4.60. The van der Waals surface area contributed by atoms with Crippen molar-refractivity contribution in [2.45, 2.75) is 72.4 Å². The molecule has 0 saturated carbocycles. The standard InChI is InChI=1S/C16H34N2/c1-7-14(5)11-18-12-16(6,8-2)17-10-15(18)9-13(3)4/h13-15,17H,7-12H2,1-6H3. The number of hydrogen-bond donors (Lipinski definition) is 1. The van der Waals surface area contributed by atoms with Crippen molar-refractivity contribution in [2.75, 3.05) is 19.6 Å². The molecule has 0 bridgehead atoms. The molecule has 3 unspecified atom stereocenters. The van der Waals surface area contributed by atoms with Crippen molar-refractivity contribution >= 4 is 0 Å². The van der Waals surface area contributed by atoms with Crippen LogP contribution in [0.25, 0.3) is 0 Å². The molecule has 1 aliphatic rings. The Balaban J connectivity index is 2.66. The minimum absolute atomic E-state index is 0.320. The minimum atomic E-state index is 0.320. The molecule has 1 aliphatic heterocycles. The van der Waals surface area contributed by atoms with E-state index in [1.54, 1.807) is 0 Å². The van der Waals surface area contributed by atoms with Gasteiger partial charge in [-0.05, 0) is 31.6 Å². The molecular formula is C16H34N2. The molecule has 0 aromatic heterocycles. The average molecular weight is 254 g/mol. The van der Waals surface area contributed by atoms with E-state index in [2.05, 4.69) is 51.8 Å². The highest BCUT2D eigenvalue weighted by Crippen LogP contribution is 2.23. The Morgan fingerprint density at radius 3 is 2.44 bits per heavy atom. The molecule has 1 heterocycles. The second-order valence-electron chi connectivity index (χ2n) is 7.02. The van der Waals surface area contributed by atoms with E-state index in [0.717, 1.165) is 17.9 Å². The molecule has 0 amide bonds. The van der Waals surface area contributed by atoms with Crippen LogP contribution in [0.3, 0.4) is 0 Å². The van der Waals surface area contributed by atoms with Gasteiger partial charge in [-0.2, -0.15) is 0 Å². The molecule has 2 heteroatoms. The first kappa shape index (κ1) is 16.0. The highest BCUT2D eigenvalue weighted by molar-refractivity contribution is 4.94. The summed E-state index contributed by atoms with van der Waals surface area (Å²) < 4.78 is 0. The summed E-state index contributed by atoms with van der Waals surface area (Å²) in [6.07, 6.45) is 3.84. The number of hydrogen-bond acceptors (Lipinski definition) is 2. The molecule has 0 aliphatic carbocycles. The Morgan fingerprint density at radius 1 is 1.28 bits per heavy atom. The predicted octanol–water partition coefficient (Wildman–Crippen LogP) is 3.52. The van der Waals surface area contributed by atoms with Crippen LogP contribution in [0.4, 0.5) is 0 Å². The third kappa shape index (κ3) is 4.55. The summed E-state index contributed by atoms with van der Waals surface area (Å²) in [5.74, 6) is 1.61. The molecule has 0 radical (unpaired) electrons. The zero-order valence-electron chi connectivity index (χ0n) is 13.4. The maximum Gasteiger partial charge on any atom is 0.0278 e. The van der Waals surface area contributed by atoms with Gasteiger partial charge >= 0.3 is 0 Å². The fourth-order valence-electron chi connectivity index (χ4n) is 2.88. The zero-order valence-corrected chi connectivity index (χ0v) is 13.4. The van der Waals surface area contributed by atoms with Crippen LogP contribution in [0.1, 0.15) is 60.8 Å². The van der Waals surface area contributed by atoms with Crippen molar-refractivity contribution in [1.82, 2.24) is 10.2 Å². The second-order valence-corrected chi connectivity index (χ2v) is 7.02. The first-order chi connectivity index (χ1) is 8.40. The zero-order chi connectivity index (χ0) is 13.8. The molecule has 2 nitrogen and oxygen atoms in total. The summed E-state index contributed by atoms with van der Waals surface area (Å²) in [7, 11) is 0. The predicted molar refractivity (Wildman–Crippen MR) is 81.0 cm³/mol. The number of nitrogens with zero attached hydrogens (tertiary/aromatic N) is 1. The van der Waals surface area contributed by atoms with Crippen LogP contribution < -0.4 is 5.32 Å². The second kappa shape index (κ2) is 6.91. The van der Waals surface area contributed by atoms with E-state index in [4.69, 9.17) is 0 Å². The molecule has 1 fully saturated rings. The Hall–Kier alpha value is -0.0800. The minimum Gasteiger partial charge on any atom is -0.309 e. The van der Waals surface area contributed by atoms with E-state index in [9.17, 15) is 0 Å². The van der Waals surface area contributed by atoms with Gasteiger partial charge in [-0.25, -0.2) is 0 Å². The molecule has 108 valence electrons. The number of nitrogens with one attached hydrogen (secondary N) is 1. The fraction of sp³-hybridized carbons (Fsp3) is 1.00. The lowest BCUT2D eigenvalue weighted by molar-refractivity contribution is 0.0606. The number of piperazine rings is 1. The van der Waals surface area contributed by atoms with E-state index in [0.29, 0.717) is 5.54 Å². The summed E-state index contributed by atoms with van der Waals surface area (Å²) in [4.78, 5) is 2.76. The Labute approximate surface area is 115 Å². The molecule has 1 saturated heterocycles. The molecular weight excluding hydrogens is 220 g/mol. The van der Waals surface area contributed by atoms with Gasteiger partial charge in [0.05, 0.1) is 0 Å². The van der Waals surface area contributed by atoms with E-state index in [1.807, 2.05) is 0 Å². The summed E-state index contributed by atoms with van der Waals surface area (Å²) in [6, 6.07) is 0.735. The molecule has 0 aromatic rings. The highest BCUT2D eigenvalue weighted by Gasteiger charge is 2.34. The highest BCUT2D eigenvalue weighted by atomic mass is 15.2. The Kier molecular flexibility index (Phi) is 6.13. The van der Waals surface area contributed by atoms with Gasteiger partial charge in [0.2, 0.25) is 0 Å². The first-order valence-corrected chi connectivity index (χ1v) is 7.89. The largest absolute Gasteiger partial charge is 0.309 e. The molecule has 0 aromatic carbocycles. The van der Waals surface area contributed by atoms with Crippen LogP contribution in [-0.2, 0) is 0 Å². The van der Waals surface area contributed by atoms with Gasteiger partial charge in [0.1, 0.15) is 0 Å². The average Bonchev–Trinajstić information content (AvgIpc) is 2.32. The number of rotatable bonds is 6. The molecule has 1 rings (SSSR count). The van der Waals surface area contributed by atoms with Crippen LogP contribution in [0, 0.1) is 11.8 Å². The van der Waals surface area contributed by atoms with Gasteiger partial charge in [-0.1, -0.05) is 41.0 Å². The van der Waals surface area contributed by atoms with Crippen LogP contribution in [0.15, 0.2) is 0 Å². The van der Waals surface area contributed by atoms with Gasteiger partial charge in [-0.3, -0.25) is 4.90 Å². The summed E-state index contributed by atoms with van der Waals surface area (Å²) in [5, 5.41) is 3.78. The van der Waals surface area contributed by atoms with Crippen molar-refractivity contribution in [3.05, 3.63) is 0 Å². The van der Waals surface area contributed by atoms with Crippen molar-refractivity contribution in [3.8, 4) is 0 Å². The summed E-state index contributed by atoms with van der Waals surface area (Å²) in [6.45, 7) is 17.7. The fourth-order valence-corrected chi connectivity index (χ4v) is 2.88. The van der Waals surface area contributed by atoms with Gasteiger partial charge in [0, 0.05) is 31.2 Å². The van der Waals surface area contributed by atoms with Gasteiger partial charge in [0.25, 0.3) is 0 Å². The van der Waals surface area contributed by atoms with Gasteiger partial charge in [-0.15, -0.1) is 0 Å². The topological polar surface area (TPSA) is 15.3 Å². The Bertz CT molecular complexity index is 239. The van der Waals surface area contributed by atoms with Crippen molar-refractivity contribution < 1.29 is 0 Å². The Morgan fingerprint density at radius 2 is 1.94 bits per heavy atom. The van der Waals surface area contributed by atoms with Crippen LogP contribution in [0.5, 0.6) is 0 Å². The molecule has 18 heavy (non-hydrogen) atoms. The van der Waals surface area contributed by atoms with Crippen LogP contribution >= 0.6 is 0 Å². The van der Waals surface area contributed by atoms with Crippen molar-refractivity contribution in [3.63, 3.8) is 0 Å². The summed E-state index contributed by atoms with van der Waals surface area (Å²) >= 11 is 0. The summed E-state index contributed by atoms with van der Waals surface area (Å²) in [5.41, 5.74) is 0.320. The molecule has 0 spiro atoms. The third-order valence-electron chi connectivity index (χ3n) is 4.60. The van der Waals surface area contributed by atoms with Gasteiger partial charge < -0.3 is 5.32 Å². The smallest absolute Gasteiger partial charge is 0.0278 e. The van der Waals surface area contributed by atoms with E-state index in [1.165, 1.54) is 38.9 Å². The lowest BCUT2D eigenvalue weighted by Crippen LogP contribution is -2.63. The van der Waals surface area contributed by atoms with Crippen LogP contribution in [-0.4, -0.2) is 36.1 Å². The lowest BCUT2D eigenvalue weighted by atomic mass is 9.90. The first-order valence-electron chi connectivity index (χ1n) is 7.89. The maximum atomic E-state index is 3.78. The van der Waals surface area contributed by atoms with E-state index < -0.39 is 0 Å². The van der Waals surface area contributed by atoms with E-state index in [-0.39, 0.29) is 0 Å². The van der Waals surface area contributed by atoms with Crippen molar-refractivity contribution in [1.29, 1.82) is 0 Å². The normalized spacial score (nSPS) is 31.8. The van der Waals surface area contributed by atoms with Crippen LogP contribution in [0.2, 0.25) is 0 Å². The quantitative estimate of drug-likeness (QED) is 0.780. The SMILES string of the molecule is CCC(C)CN1CC(C)(CC)NCC1CC(C)C. The van der Waals surface area contributed by atoms with Gasteiger partial charge in [0.15, 0.2) is 0 Å². The molecule has 1 N–H and O–H groups in total. The lowest BCUT2D eigenvalue weighted by Gasteiger charge is -2.47. The van der Waals surface area contributed by atoms with E-state index >= 15 is 0 Å². The molecule has 3 atom stereocenters. The van der Waals surface area contributed by atoms with Crippen molar-refractivity contribution in [2.24, 2.45) is 11.8 Å².